The van der Waals surface area contributed by atoms with Gasteiger partial charge in [-0.15, -0.1) is 0 Å². The fourth-order valence-electron chi connectivity index (χ4n) is 3.62. The van der Waals surface area contributed by atoms with E-state index in [-0.39, 0.29) is 11.5 Å². The third kappa shape index (κ3) is 2.74. The zero-order chi connectivity index (χ0) is 16.4. The van der Waals surface area contributed by atoms with Gasteiger partial charge in [-0.25, -0.2) is 0 Å². The Kier molecular flexibility index (Phi) is 3.90. The summed E-state index contributed by atoms with van der Waals surface area (Å²) in [6.07, 6.45) is 6.82. The minimum atomic E-state index is -0.196. The summed E-state index contributed by atoms with van der Waals surface area (Å²) in [5.74, 6) is 0.0433. The Hall–Kier alpha value is -2.46. The van der Waals surface area contributed by atoms with Gasteiger partial charge in [-0.2, -0.15) is 0 Å². The Morgan fingerprint density at radius 3 is 2.71 bits per heavy atom. The predicted molar refractivity (Wildman–Crippen MR) is 92.0 cm³/mol. The third-order valence-electron chi connectivity index (χ3n) is 4.98. The number of hydrogen-bond acceptors (Lipinski definition) is 3. The van der Waals surface area contributed by atoms with E-state index in [1.807, 2.05) is 23.1 Å². The summed E-state index contributed by atoms with van der Waals surface area (Å²) in [5, 5.41) is 0. The molecule has 3 heterocycles. The van der Waals surface area contributed by atoms with Crippen molar-refractivity contribution in [3.05, 3.63) is 71.6 Å². The van der Waals surface area contributed by atoms with Gasteiger partial charge in [0, 0.05) is 25.4 Å². The highest BCUT2D eigenvalue weighted by molar-refractivity contribution is 5.91. The number of fused-ring (bicyclic) bond motifs is 2. The first-order chi connectivity index (χ1) is 11.8. The molecule has 4 rings (SSSR count). The topological polar surface area (TPSA) is 42.4 Å². The lowest BCUT2D eigenvalue weighted by molar-refractivity contribution is -0.133. The number of benzene rings is 1. The van der Waals surface area contributed by atoms with Crippen LogP contribution in [0.3, 0.4) is 0 Å². The Labute approximate surface area is 141 Å². The van der Waals surface area contributed by atoms with Crippen LogP contribution in [-0.4, -0.2) is 28.9 Å². The Morgan fingerprint density at radius 2 is 1.92 bits per heavy atom. The number of amides is 1. The number of nitrogens with zero attached hydrogens (tertiary/aromatic N) is 2. The highest BCUT2D eigenvalue weighted by Crippen LogP contribution is 2.43. The van der Waals surface area contributed by atoms with Gasteiger partial charge in [-0.1, -0.05) is 30.3 Å². The van der Waals surface area contributed by atoms with Crippen molar-refractivity contribution in [3.63, 3.8) is 0 Å². The van der Waals surface area contributed by atoms with Gasteiger partial charge in [0.2, 0.25) is 5.91 Å². The predicted octanol–water partition coefficient (Wildman–Crippen LogP) is 3.14. The molecule has 0 aliphatic carbocycles. The van der Waals surface area contributed by atoms with Gasteiger partial charge >= 0.3 is 0 Å². The van der Waals surface area contributed by atoms with Crippen LogP contribution in [0.2, 0.25) is 0 Å². The van der Waals surface area contributed by atoms with E-state index in [4.69, 9.17) is 4.74 Å². The molecule has 122 valence electrons. The van der Waals surface area contributed by atoms with E-state index in [9.17, 15) is 4.79 Å². The molecule has 0 bridgehead atoms. The summed E-state index contributed by atoms with van der Waals surface area (Å²) < 4.78 is 6.14. The van der Waals surface area contributed by atoms with Crippen molar-refractivity contribution in [1.29, 1.82) is 0 Å². The van der Waals surface area contributed by atoms with Crippen LogP contribution >= 0.6 is 0 Å². The molecule has 0 atom stereocenters. The zero-order valence-electron chi connectivity index (χ0n) is 13.5. The quantitative estimate of drug-likeness (QED) is 0.798. The molecule has 2 aliphatic heterocycles. The van der Waals surface area contributed by atoms with Crippen LogP contribution in [0.25, 0.3) is 6.08 Å². The Bertz CT molecular complexity index is 762. The first-order valence-corrected chi connectivity index (χ1v) is 8.37. The standard InChI is InChI=1S/C20H20N2O2/c23-19(9-8-17-6-3-4-12-21-17)22-13-10-20(11-14-22)18-7-2-1-5-16(18)15-24-20/h1-9,12H,10-11,13-15H2/b9-8+. The monoisotopic (exact) mass is 320 g/mol. The van der Waals surface area contributed by atoms with Crippen molar-refractivity contribution in [1.82, 2.24) is 9.88 Å². The van der Waals surface area contributed by atoms with Crippen molar-refractivity contribution < 1.29 is 9.53 Å². The van der Waals surface area contributed by atoms with Crippen LogP contribution in [0.15, 0.2) is 54.7 Å². The van der Waals surface area contributed by atoms with Crippen LogP contribution in [0.5, 0.6) is 0 Å². The number of piperidine rings is 1. The molecular weight excluding hydrogens is 300 g/mol. The van der Waals surface area contributed by atoms with E-state index in [0.717, 1.165) is 31.6 Å². The van der Waals surface area contributed by atoms with E-state index in [0.29, 0.717) is 6.61 Å². The van der Waals surface area contributed by atoms with E-state index >= 15 is 0 Å². The van der Waals surface area contributed by atoms with Crippen LogP contribution in [0, 0.1) is 0 Å². The minimum absolute atomic E-state index is 0.0433. The number of hydrogen-bond donors (Lipinski definition) is 0. The van der Waals surface area contributed by atoms with Crippen molar-refractivity contribution >= 4 is 12.0 Å². The number of pyridine rings is 1. The van der Waals surface area contributed by atoms with Crippen molar-refractivity contribution in [2.75, 3.05) is 13.1 Å². The van der Waals surface area contributed by atoms with Gasteiger partial charge in [0.25, 0.3) is 0 Å². The van der Waals surface area contributed by atoms with Crippen molar-refractivity contribution in [2.45, 2.75) is 25.0 Å². The summed E-state index contributed by atoms with van der Waals surface area (Å²) >= 11 is 0. The van der Waals surface area contributed by atoms with Gasteiger partial charge in [0.05, 0.1) is 17.9 Å². The highest BCUT2D eigenvalue weighted by atomic mass is 16.5. The number of carbonyl (C=O) groups excluding carboxylic acids is 1. The number of aromatic nitrogens is 1. The molecule has 1 aromatic carbocycles. The van der Waals surface area contributed by atoms with E-state index in [2.05, 4.69) is 29.2 Å². The fourth-order valence-corrected chi connectivity index (χ4v) is 3.62. The number of likely N-dealkylation sites (tertiary alicyclic amines) is 1. The molecule has 1 amide bonds. The molecule has 0 radical (unpaired) electrons. The molecule has 2 aliphatic rings. The third-order valence-corrected chi connectivity index (χ3v) is 4.98. The Morgan fingerprint density at radius 1 is 1.12 bits per heavy atom. The first-order valence-electron chi connectivity index (χ1n) is 8.37. The Balaban J connectivity index is 1.42. The maximum Gasteiger partial charge on any atom is 0.246 e. The molecule has 2 aromatic rings. The smallest absolute Gasteiger partial charge is 0.246 e. The van der Waals surface area contributed by atoms with Crippen molar-refractivity contribution in [2.24, 2.45) is 0 Å². The summed E-state index contributed by atoms with van der Waals surface area (Å²) in [4.78, 5) is 18.5. The highest BCUT2D eigenvalue weighted by Gasteiger charge is 2.42. The van der Waals surface area contributed by atoms with Gasteiger partial charge in [-0.3, -0.25) is 9.78 Å². The summed E-state index contributed by atoms with van der Waals surface area (Å²) in [5.41, 5.74) is 3.19. The SMILES string of the molecule is O=C(/C=C/c1ccccn1)N1CCC2(CC1)OCc1ccccc12. The summed E-state index contributed by atoms with van der Waals surface area (Å²) in [6, 6.07) is 14.1. The average molecular weight is 320 g/mol. The van der Waals surface area contributed by atoms with E-state index in [1.54, 1.807) is 18.3 Å². The second-order valence-corrected chi connectivity index (χ2v) is 6.35. The molecule has 4 heteroatoms. The van der Waals surface area contributed by atoms with Crippen molar-refractivity contribution in [3.8, 4) is 0 Å². The molecule has 24 heavy (non-hydrogen) atoms. The zero-order valence-corrected chi connectivity index (χ0v) is 13.5. The lowest BCUT2D eigenvalue weighted by atomic mass is 9.84. The molecule has 1 fully saturated rings. The lowest BCUT2D eigenvalue weighted by Crippen LogP contribution is -2.44. The fraction of sp³-hybridized carbons (Fsp3) is 0.300. The molecular formula is C20H20N2O2. The minimum Gasteiger partial charge on any atom is -0.365 e. The summed E-state index contributed by atoms with van der Waals surface area (Å²) in [7, 11) is 0. The molecule has 1 aromatic heterocycles. The van der Waals surface area contributed by atoms with Gasteiger partial charge in [0.1, 0.15) is 0 Å². The molecule has 0 saturated carbocycles. The summed E-state index contributed by atoms with van der Waals surface area (Å²) in [6.45, 7) is 2.13. The molecule has 1 spiro atoms. The lowest BCUT2D eigenvalue weighted by Gasteiger charge is -2.39. The maximum atomic E-state index is 12.4. The molecule has 4 nitrogen and oxygen atoms in total. The number of carbonyl (C=O) groups is 1. The number of ether oxygens (including phenoxy) is 1. The van der Waals surface area contributed by atoms with Gasteiger partial charge < -0.3 is 9.64 Å². The van der Waals surface area contributed by atoms with Crippen LogP contribution < -0.4 is 0 Å². The van der Waals surface area contributed by atoms with Crippen LogP contribution in [-0.2, 0) is 21.7 Å². The average Bonchev–Trinajstić information content (AvgIpc) is 3.00. The van der Waals surface area contributed by atoms with E-state index < -0.39 is 0 Å². The molecule has 0 unspecified atom stereocenters. The van der Waals surface area contributed by atoms with E-state index in [1.165, 1.54) is 11.1 Å². The van der Waals surface area contributed by atoms with Crippen LogP contribution in [0.4, 0.5) is 0 Å². The van der Waals surface area contributed by atoms with Gasteiger partial charge in [0.15, 0.2) is 0 Å². The maximum absolute atomic E-state index is 12.4. The number of rotatable bonds is 2. The molecule has 1 saturated heterocycles. The largest absolute Gasteiger partial charge is 0.365 e. The molecule has 0 N–H and O–H groups in total. The first kappa shape index (κ1) is 15.1. The second kappa shape index (κ2) is 6.21. The van der Waals surface area contributed by atoms with Crippen LogP contribution in [0.1, 0.15) is 29.7 Å². The normalized spacial score (nSPS) is 18.9. The second-order valence-electron chi connectivity index (χ2n) is 6.35. The van der Waals surface area contributed by atoms with Gasteiger partial charge in [-0.05, 0) is 42.2 Å².